The molecule has 3 aromatic heterocycles. The molecule has 0 amide bonds. The molecule has 0 aliphatic carbocycles. The summed E-state index contributed by atoms with van der Waals surface area (Å²) in [7, 11) is 3.73. The topological polar surface area (TPSA) is 112 Å². The number of furan rings is 1. The summed E-state index contributed by atoms with van der Waals surface area (Å²) >= 11 is 1.53. The van der Waals surface area contributed by atoms with Crippen molar-refractivity contribution in [3.63, 3.8) is 0 Å². The molecule has 0 aliphatic heterocycles. The van der Waals surface area contributed by atoms with Crippen LogP contribution in [0.4, 0.5) is 11.9 Å². The third-order valence-corrected chi connectivity index (χ3v) is 4.79. The molecule has 0 saturated carbocycles. The molecule has 3 aromatic rings. The van der Waals surface area contributed by atoms with Gasteiger partial charge >= 0.3 is 0 Å². The first-order chi connectivity index (χ1) is 12.8. The van der Waals surface area contributed by atoms with Crippen molar-refractivity contribution in [1.29, 1.82) is 0 Å². The Hall–Kier alpha value is -2.62. The highest BCUT2D eigenvalue weighted by Gasteiger charge is 2.22. The largest absolute Gasteiger partial charge is 0.461 e. The quantitative estimate of drug-likeness (QED) is 0.610. The number of nitrogen functional groups attached to an aromatic ring is 1. The lowest BCUT2D eigenvalue weighted by molar-refractivity contribution is 0.489. The van der Waals surface area contributed by atoms with E-state index in [1.54, 1.807) is 11.2 Å². The Morgan fingerprint density at radius 1 is 1.19 bits per heavy atom. The van der Waals surface area contributed by atoms with Crippen molar-refractivity contribution in [2.45, 2.75) is 37.7 Å². The van der Waals surface area contributed by atoms with Crippen molar-refractivity contribution in [3.8, 4) is 11.6 Å². The Balaban J connectivity index is 1.91. The zero-order valence-corrected chi connectivity index (χ0v) is 16.9. The highest BCUT2D eigenvalue weighted by Crippen LogP contribution is 2.35. The average Bonchev–Trinajstić information content (AvgIpc) is 3.24. The second kappa shape index (κ2) is 7.95. The number of hydrogen-bond acceptors (Lipinski definition) is 9. The second-order valence-electron chi connectivity index (χ2n) is 6.79. The molecule has 0 saturated heterocycles. The van der Waals surface area contributed by atoms with Crippen LogP contribution in [0.1, 0.15) is 31.8 Å². The summed E-state index contributed by atoms with van der Waals surface area (Å²) in [5.74, 6) is 3.18. The number of nitrogens with zero attached hydrogens (tertiary/aromatic N) is 7. The third-order valence-electron chi connectivity index (χ3n) is 3.71. The van der Waals surface area contributed by atoms with Crippen LogP contribution in [-0.4, -0.2) is 43.8 Å². The van der Waals surface area contributed by atoms with Gasteiger partial charge in [0, 0.05) is 20.6 Å². The number of nitrogens with two attached hydrogens (primary N) is 1. The summed E-state index contributed by atoms with van der Waals surface area (Å²) in [6.07, 6.45) is 1.63. The van der Waals surface area contributed by atoms with Crippen LogP contribution in [0, 0.1) is 5.92 Å². The number of thioether (sulfide) groups is 1. The van der Waals surface area contributed by atoms with Crippen LogP contribution in [0.3, 0.4) is 0 Å². The molecule has 144 valence electrons. The molecule has 3 rings (SSSR count). The van der Waals surface area contributed by atoms with E-state index >= 15 is 0 Å². The standard InChI is InChI=1S/C17H24N8OS/c1-10(2)9-25-14(12-7-6-8-26-12)22-23-17(25)27-11(3)13-19-15(18)21-16(20-13)24(4)5/h6-8,10-11H,9H2,1-5H3,(H2,18,19,20,21). The van der Waals surface area contributed by atoms with Gasteiger partial charge in [-0.2, -0.15) is 15.0 Å². The molecule has 0 aromatic carbocycles. The average molecular weight is 389 g/mol. The summed E-state index contributed by atoms with van der Waals surface area (Å²) in [5.41, 5.74) is 5.85. The number of hydrogen-bond donors (Lipinski definition) is 1. The van der Waals surface area contributed by atoms with E-state index in [2.05, 4.69) is 43.6 Å². The van der Waals surface area contributed by atoms with Gasteiger partial charge in [0.05, 0.1) is 11.5 Å². The minimum Gasteiger partial charge on any atom is -0.461 e. The molecule has 0 fully saturated rings. The highest BCUT2D eigenvalue weighted by atomic mass is 32.2. The van der Waals surface area contributed by atoms with Crippen molar-refractivity contribution >= 4 is 23.7 Å². The first-order valence-corrected chi connectivity index (χ1v) is 9.55. The van der Waals surface area contributed by atoms with Crippen molar-refractivity contribution in [2.24, 2.45) is 5.92 Å². The van der Waals surface area contributed by atoms with Gasteiger partial charge in [-0.3, -0.25) is 4.57 Å². The summed E-state index contributed by atoms with van der Waals surface area (Å²) < 4.78 is 7.59. The maximum atomic E-state index is 5.85. The van der Waals surface area contributed by atoms with Gasteiger partial charge in [-0.1, -0.05) is 25.6 Å². The van der Waals surface area contributed by atoms with Crippen LogP contribution < -0.4 is 10.6 Å². The molecule has 2 N–H and O–H groups in total. The Labute approximate surface area is 162 Å². The fourth-order valence-electron chi connectivity index (χ4n) is 2.48. The van der Waals surface area contributed by atoms with E-state index in [9.17, 15) is 0 Å². The van der Waals surface area contributed by atoms with E-state index in [1.165, 1.54) is 11.8 Å². The minimum absolute atomic E-state index is 0.0754. The third kappa shape index (κ3) is 4.38. The molecule has 0 radical (unpaired) electrons. The smallest absolute Gasteiger partial charge is 0.229 e. The predicted octanol–water partition coefficient (Wildman–Crippen LogP) is 2.88. The summed E-state index contributed by atoms with van der Waals surface area (Å²) in [5, 5.41) is 9.42. The monoisotopic (exact) mass is 388 g/mol. The van der Waals surface area contributed by atoms with E-state index in [1.807, 2.05) is 33.2 Å². The second-order valence-corrected chi connectivity index (χ2v) is 8.10. The van der Waals surface area contributed by atoms with Crippen molar-refractivity contribution in [1.82, 2.24) is 29.7 Å². The molecular formula is C17H24N8OS. The minimum atomic E-state index is -0.0754. The van der Waals surface area contributed by atoms with Crippen LogP contribution in [0.2, 0.25) is 0 Å². The molecule has 1 atom stereocenters. The summed E-state index contributed by atoms with van der Waals surface area (Å²) in [6, 6.07) is 3.73. The normalized spacial score (nSPS) is 12.5. The number of rotatable bonds is 7. The van der Waals surface area contributed by atoms with E-state index < -0.39 is 0 Å². The van der Waals surface area contributed by atoms with Crippen LogP contribution in [0.15, 0.2) is 28.0 Å². The van der Waals surface area contributed by atoms with Crippen LogP contribution >= 0.6 is 11.8 Å². The van der Waals surface area contributed by atoms with Gasteiger partial charge in [0.15, 0.2) is 16.7 Å². The first kappa shape index (κ1) is 19.2. The molecular weight excluding hydrogens is 364 g/mol. The van der Waals surface area contributed by atoms with Crippen LogP contribution in [0.25, 0.3) is 11.6 Å². The summed E-state index contributed by atoms with van der Waals surface area (Å²) in [4.78, 5) is 14.7. The molecule has 3 heterocycles. The Bertz CT molecular complexity index is 890. The van der Waals surface area contributed by atoms with Gasteiger partial charge in [0.25, 0.3) is 0 Å². The maximum absolute atomic E-state index is 5.85. The zero-order chi connectivity index (χ0) is 19.6. The number of anilines is 2. The molecule has 27 heavy (non-hydrogen) atoms. The highest BCUT2D eigenvalue weighted by molar-refractivity contribution is 7.99. The van der Waals surface area contributed by atoms with Gasteiger partial charge in [0.2, 0.25) is 11.9 Å². The molecule has 10 heteroatoms. The van der Waals surface area contributed by atoms with E-state index in [4.69, 9.17) is 10.2 Å². The van der Waals surface area contributed by atoms with E-state index in [0.717, 1.165) is 11.7 Å². The fraction of sp³-hybridized carbons (Fsp3) is 0.471. The lowest BCUT2D eigenvalue weighted by atomic mass is 10.2. The van der Waals surface area contributed by atoms with Gasteiger partial charge < -0.3 is 15.1 Å². The first-order valence-electron chi connectivity index (χ1n) is 8.67. The van der Waals surface area contributed by atoms with E-state index in [0.29, 0.717) is 29.3 Å². The SMILES string of the molecule is CC(C)Cn1c(SC(C)c2nc(N)nc(N(C)C)n2)nnc1-c1ccco1. The Kier molecular flexibility index (Phi) is 5.64. The van der Waals surface area contributed by atoms with Crippen molar-refractivity contribution in [3.05, 3.63) is 24.2 Å². The lowest BCUT2D eigenvalue weighted by Gasteiger charge is -2.16. The van der Waals surface area contributed by atoms with Gasteiger partial charge in [-0.25, -0.2) is 0 Å². The predicted molar refractivity (Wildman–Crippen MR) is 105 cm³/mol. The summed E-state index contributed by atoms with van der Waals surface area (Å²) in [6.45, 7) is 7.10. The zero-order valence-electron chi connectivity index (χ0n) is 16.1. The molecule has 1 unspecified atom stereocenters. The Morgan fingerprint density at radius 2 is 1.96 bits per heavy atom. The molecule has 0 aliphatic rings. The van der Waals surface area contributed by atoms with E-state index in [-0.39, 0.29) is 11.2 Å². The van der Waals surface area contributed by atoms with Gasteiger partial charge in [0.1, 0.15) is 5.82 Å². The molecule has 0 spiro atoms. The van der Waals surface area contributed by atoms with Gasteiger partial charge in [-0.05, 0) is 25.0 Å². The lowest BCUT2D eigenvalue weighted by Crippen LogP contribution is -2.16. The maximum Gasteiger partial charge on any atom is 0.229 e. The molecule has 9 nitrogen and oxygen atoms in total. The Morgan fingerprint density at radius 3 is 2.59 bits per heavy atom. The number of aromatic nitrogens is 6. The van der Waals surface area contributed by atoms with Crippen molar-refractivity contribution < 1.29 is 4.42 Å². The van der Waals surface area contributed by atoms with Crippen LogP contribution in [0.5, 0.6) is 0 Å². The van der Waals surface area contributed by atoms with Crippen molar-refractivity contribution in [2.75, 3.05) is 24.7 Å². The molecule has 0 bridgehead atoms. The fourth-order valence-corrected chi connectivity index (χ4v) is 3.39. The van der Waals surface area contributed by atoms with Crippen LogP contribution in [-0.2, 0) is 6.54 Å². The van der Waals surface area contributed by atoms with Gasteiger partial charge in [-0.15, -0.1) is 10.2 Å².